The van der Waals surface area contributed by atoms with Gasteiger partial charge in [-0.2, -0.15) is 0 Å². The second-order valence-electron chi connectivity index (χ2n) is 8.80. The number of esters is 1. The highest BCUT2D eigenvalue weighted by atomic mass is 32.2. The number of ketones is 1. The smallest absolute Gasteiger partial charge is 0.320 e. The molecule has 1 atom stereocenters. The number of hydrogen-bond donors (Lipinski definition) is 0. The molecule has 0 radical (unpaired) electrons. The second-order valence-corrected chi connectivity index (χ2v) is 10.4. The second kappa shape index (κ2) is 10.9. The van der Waals surface area contributed by atoms with Gasteiger partial charge in [0.1, 0.15) is 11.7 Å². The van der Waals surface area contributed by atoms with Crippen LogP contribution in [0.2, 0.25) is 0 Å². The Labute approximate surface area is 206 Å². The fraction of sp³-hybridized carbons (Fsp3) is 0.310. The van der Waals surface area contributed by atoms with Crippen molar-refractivity contribution in [1.29, 1.82) is 0 Å². The van der Waals surface area contributed by atoms with E-state index in [0.29, 0.717) is 5.75 Å². The van der Waals surface area contributed by atoms with E-state index in [-0.39, 0.29) is 5.78 Å². The minimum atomic E-state index is -0.993. The molecule has 3 aromatic carbocycles. The molecule has 3 rings (SSSR count). The number of ether oxygens (including phenoxy) is 2. The Bertz CT molecular complexity index is 1150. The number of aryl methyl sites for hydroxylation is 1. The van der Waals surface area contributed by atoms with Gasteiger partial charge in [-0.1, -0.05) is 54.6 Å². The molecule has 0 spiro atoms. The van der Waals surface area contributed by atoms with Crippen molar-refractivity contribution in [1.82, 2.24) is 0 Å². The Morgan fingerprint density at radius 1 is 0.912 bits per heavy atom. The number of benzene rings is 3. The molecule has 0 bridgehead atoms. The largest absolute Gasteiger partial charge is 0.497 e. The summed E-state index contributed by atoms with van der Waals surface area (Å²) < 4.78 is 9.56. The summed E-state index contributed by atoms with van der Waals surface area (Å²) in [5.41, 5.74) is 5.69. The van der Waals surface area contributed by atoms with Gasteiger partial charge in [-0.15, -0.1) is 11.8 Å². The van der Waals surface area contributed by atoms with Gasteiger partial charge in [0.2, 0.25) is 0 Å². The predicted molar refractivity (Wildman–Crippen MR) is 139 cm³/mol. The van der Waals surface area contributed by atoms with Crippen molar-refractivity contribution in [2.24, 2.45) is 0 Å². The quantitative estimate of drug-likeness (QED) is 0.260. The molecule has 0 aliphatic rings. The molecule has 5 heteroatoms. The number of carbonyl (C=O) groups excluding carboxylic acids is 2. The van der Waals surface area contributed by atoms with Crippen molar-refractivity contribution in [2.45, 2.75) is 44.1 Å². The Morgan fingerprint density at radius 2 is 1.56 bits per heavy atom. The highest BCUT2D eigenvalue weighted by Crippen LogP contribution is 2.39. The molecule has 0 amide bonds. The maximum atomic E-state index is 13.9. The van der Waals surface area contributed by atoms with E-state index < -0.39 is 16.6 Å². The maximum Gasteiger partial charge on any atom is 0.320 e. The van der Waals surface area contributed by atoms with Gasteiger partial charge < -0.3 is 9.47 Å². The number of thioether (sulfide) groups is 1. The molecule has 0 aliphatic carbocycles. The van der Waals surface area contributed by atoms with E-state index in [4.69, 9.17) is 9.47 Å². The lowest BCUT2D eigenvalue weighted by molar-refractivity contribution is -0.146. The van der Waals surface area contributed by atoms with Crippen LogP contribution >= 0.6 is 11.8 Å². The number of Topliss-reactive ketones (excluding diaryl/α,β-unsaturated/α-hetero) is 1. The SMILES string of the molecule is COC(=O)C(C(=O)C(C)(C)SCc1ccc(OC)cc1)c1c(C)ccc(-c2ccccc2)c1C. The molecule has 0 fully saturated rings. The highest BCUT2D eigenvalue weighted by Gasteiger charge is 2.41. The van der Waals surface area contributed by atoms with Crippen LogP contribution in [-0.4, -0.2) is 30.7 Å². The highest BCUT2D eigenvalue weighted by molar-refractivity contribution is 8.00. The van der Waals surface area contributed by atoms with Gasteiger partial charge in [0, 0.05) is 5.75 Å². The van der Waals surface area contributed by atoms with Gasteiger partial charge in [-0.25, -0.2) is 0 Å². The summed E-state index contributed by atoms with van der Waals surface area (Å²) in [6.45, 7) is 7.68. The first kappa shape index (κ1) is 25.6. The predicted octanol–water partition coefficient (Wildman–Crippen LogP) is 6.52. The number of hydrogen-bond acceptors (Lipinski definition) is 5. The number of rotatable bonds is 9. The van der Waals surface area contributed by atoms with Crippen molar-refractivity contribution < 1.29 is 19.1 Å². The molecular formula is C29H32O4S. The van der Waals surface area contributed by atoms with Crippen LogP contribution in [0.25, 0.3) is 11.1 Å². The molecule has 0 aromatic heterocycles. The average molecular weight is 477 g/mol. The molecule has 3 aromatic rings. The zero-order valence-electron chi connectivity index (χ0n) is 20.7. The maximum absolute atomic E-state index is 13.9. The number of methoxy groups -OCH3 is 2. The van der Waals surface area contributed by atoms with E-state index in [1.54, 1.807) is 7.11 Å². The normalized spacial score (nSPS) is 12.2. The summed E-state index contributed by atoms with van der Waals surface area (Å²) in [5, 5.41) is 0. The summed E-state index contributed by atoms with van der Waals surface area (Å²) in [7, 11) is 2.97. The molecule has 0 N–H and O–H groups in total. The van der Waals surface area contributed by atoms with Crippen LogP contribution in [-0.2, 0) is 20.1 Å². The topological polar surface area (TPSA) is 52.6 Å². The van der Waals surface area contributed by atoms with Crippen molar-refractivity contribution in [2.75, 3.05) is 14.2 Å². The van der Waals surface area contributed by atoms with E-state index in [1.165, 1.54) is 18.9 Å². The number of carbonyl (C=O) groups is 2. The Hall–Kier alpha value is -3.05. The Morgan fingerprint density at radius 3 is 2.15 bits per heavy atom. The van der Waals surface area contributed by atoms with Gasteiger partial charge in [0.25, 0.3) is 0 Å². The standard InChI is InChI=1S/C29H32O4S/c1-19-12-17-24(22-10-8-7-9-11-22)20(2)25(19)26(28(31)33-6)27(30)29(3,4)34-18-21-13-15-23(32-5)16-14-21/h7-17,26H,18H2,1-6H3. The molecule has 1 unspecified atom stereocenters. The summed E-state index contributed by atoms with van der Waals surface area (Å²) in [4.78, 5) is 26.9. The van der Waals surface area contributed by atoms with Gasteiger partial charge in [-0.3, -0.25) is 9.59 Å². The van der Waals surface area contributed by atoms with Crippen molar-refractivity contribution in [3.8, 4) is 16.9 Å². The summed E-state index contributed by atoms with van der Waals surface area (Å²) >= 11 is 1.52. The van der Waals surface area contributed by atoms with Crippen LogP contribution in [0.1, 0.15) is 42.0 Å². The van der Waals surface area contributed by atoms with Crippen LogP contribution in [0.5, 0.6) is 5.75 Å². The summed E-state index contributed by atoms with van der Waals surface area (Å²) in [6, 6.07) is 21.8. The third-order valence-corrected chi connectivity index (χ3v) is 7.56. The summed E-state index contributed by atoms with van der Waals surface area (Å²) in [5.74, 6) is -0.251. The first-order valence-electron chi connectivity index (χ1n) is 11.2. The van der Waals surface area contributed by atoms with E-state index in [9.17, 15) is 9.59 Å². The zero-order valence-corrected chi connectivity index (χ0v) is 21.5. The first-order valence-corrected chi connectivity index (χ1v) is 12.2. The van der Waals surface area contributed by atoms with E-state index in [1.807, 2.05) is 94.4 Å². The fourth-order valence-corrected chi connectivity index (χ4v) is 5.10. The monoisotopic (exact) mass is 476 g/mol. The average Bonchev–Trinajstić information content (AvgIpc) is 2.85. The van der Waals surface area contributed by atoms with Gasteiger partial charge in [-0.05, 0) is 73.2 Å². The minimum Gasteiger partial charge on any atom is -0.497 e. The molecule has 0 heterocycles. The van der Waals surface area contributed by atoms with Gasteiger partial charge in [0.15, 0.2) is 5.78 Å². The van der Waals surface area contributed by atoms with Crippen LogP contribution in [0.15, 0.2) is 66.7 Å². The van der Waals surface area contributed by atoms with Crippen molar-refractivity contribution in [3.05, 3.63) is 89.0 Å². The van der Waals surface area contributed by atoms with E-state index in [2.05, 4.69) is 0 Å². The molecular weight excluding hydrogens is 444 g/mol. The van der Waals surface area contributed by atoms with Crippen LogP contribution < -0.4 is 4.74 Å². The lowest BCUT2D eigenvalue weighted by Gasteiger charge is -2.29. The Kier molecular flexibility index (Phi) is 8.21. The third kappa shape index (κ3) is 5.53. The van der Waals surface area contributed by atoms with E-state index in [0.717, 1.165) is 39.1 Å². The fourth-order valence-electron chi connectivity index (χ4n) is 4.12. The van der Waals surface area contributed by atoms with Crippen LogP contribution in [0, 0.1) is 13.8 Å². The first-order chi connectivity index (χ1) is 16.2. The molecule has 0 aliphatic heterocycles. The van der Waals surface area contributed by atoms with E-state index >= 15 is 0 Å². The lowest BCUT2D eigenvalue weighted by atomic mass is 9.81. The van der Waals surface area contributed by atoms with Crippen molar-refractivity contribution >= 4 is 23.5 Å². The van der Waals surface area contributed by atoms with Crippen molar-refractivity contribution in [3.63, 3.8) is 0 Å². The lowest BCUT2D eigenvalue weighted by Crippen LogP contribution is -2.38. The minimum absolute atomic E-state index is 0.158. The summed E-state index contributed by atoms with van der Waals surface area (Å²) in [6.07, 6.45) is 0. The van der Waals surface area contributed by atoms with Crippen LogP contribution in [0.3, 0.4) is 0 Å². The van der Waals surface area contributed by atoms with Gasteiger partial charge in [0.05, 0.1) is 19.0 Å². The zero-order chi connectivity index (χ0) is 24.9. The Balaban J connectivity index is 1.96. The van der Waals surface area contributed by atoms with Crippen LogP contribution in [0.4, 0.5) is 0 Å². The molecule has 0 saturated carbocycles. The molecule has 34 heavy (non-hydrogen) atoms. The molecule has 0 saturated heterocycles. The molecule has 178 valence electrons. The molecule has 4 nitrogen and oxygen atoms in total. The van der Waals surface area contributed by atoms with Gasteiger partial charge >= 0.3 is 5.97 Å². The third-order valence-electron chi connectivity index (χ3n) is 6.16.